The Kier molecular flexibility index (Phi) is 4.61. The van der Waals surface area contributed by atoms with Gasteiger partial charge in [0.2, 0.25) is 10.0 Å². The maximum absolute atomic E-state index is 11.7. The van der Waals surface area contributed by atoms with Gasteiger partial charge in [0.1, 0.15) is 15.6 Å². The summed E-state index contributed by atoms with van der Waals surface area (Å²) in [5, 5.41) is 18.1. The SMILES string of the molecule is CS(=O)(=O)CCS(=O)(=O)Nc1ccc(O)cc1C(=O)O. The van der Waals surface area contributed by atoms with Crippen LogP contribution < -0.4 is 4.72 Å². The van der Waals surface area contributed by atoms with Gasteiger partial charge in [-0.2, -0.15) is 0 Å². The van der Waals surface area contributed by atoms with Crippen LogP contribution in [-0.2, 0) is 19.9 Å². The van der Waals surface area contributed by atoms with E-state index in [4.69, 9.17) is 5.11 Å². The lowest BCUT2D eigenvalue weighted by molar-refractivity contribution is 0.0697. The number of anilines is 1. The number of aromatic hydroxyl groups is 1. The summed E-state index contributed by atoms with van der Waals surface area (Å²) < 4.78 is 47.2. The average molecular weight is 323 g/mol. The molecule has 0 atom stereocenters. The first-order valence-corrected chi connectivity index (χ1v) is 8.96. The molecule has 10 heteroatoms. The molecule has 3 N–H and O–H groups in total. The van der Waals surface area contributed by atoms with E-state index in [-0.39, 0.29) is 11.4 Å². The average Bonchev–Trinajstić information content (AvgIpc) is 2.28. The number of nitrogens with one attached hydrogen (secondary N) is 1. The normalized spacial score (nSPS) is 12.1. The van der Waals surface area contributed by atoms with E-state index in [1.807, 2.05) is 4.72 Å². The number of carboxylic acid groups (broad SMARTS) is 1. The molecule has 0 heterocycles. The highest BCUT2D eigenvalue weighted by Crippen LogP contribution is 2.22. The number of aromatic carboxylic acids is 1. The maximum atomic E-state index is 11.7. The van der Waals surface area contributed by atoms with Crippen molar-refractivity contribution in [3.63, 3.8) is 0 Å². The van der Waals surface area contributed by atoms with E-state index in [0.29, 0.717) is 0 Å². The van der Waals surface area contributed by atoms with Crippen LogP contribution in [0, 0.1) is 0 Å². The van der Waals surface area contributed by atoms with E-state index in [1.54, 1.807) is 0 Å². The molecule has 112 valence electrons. The van der Waals surface area contributed by atoms with Gasteiger partial charge in [0.25, 0.3) is 0 Å². The molecule has 0 fully saturated rings. The number of rotatable bonds is 6. The van der Waals surface area contributed by atoms with Gasteiger partial charge < -0.3 is 10.2 Å². The molecule has 8 nitrogen and oxygen atoms in total. The smallest absolute Gasteiger partial charge is 0.337 e. The van der Waals surface area contributed by atoms with Crippen LogP contribution in [0.2, 0.25) is 0 Å². The Morgan fingerprint density at radius 1 is 1.20 bits per heavy atom. The number of carboxylic acids is 1. The minimum atomic E-state index is -4.01. The van der Waals surface area contributed by atoms with Gasteiger partial charge >= 0.3 is 5.97 Å². The van der Waals surface area contributed by atoms with Crippen molar-refractivity contribution >= 4 is 31.5 Å². The predicted octanol–water partition coefficient (Wildman–Crippen LogP) is -0.123. The highest BCUT2D eigenvalue weighted by molar-refractivity contribution is 7.95. The van der Waals surface area contributed by atoms with Crippen LogP contribution in [-0.4, -0.2) is 50.8 Å². The van der Waals surface area contributed by atoms with Crippen molar-refractivity contribution in [3.05, 3.63) is 23.8 Å². The maximum Gasteiger partial charge on any atom is 0.337 e. The molecule has 0 saturated carbocycles. The summed E-state index contributed by atoms with van der Waals surface area (Å²) in [6.45, 7) is 0. The second kappa shape index (κ2) is 5.67. The molecule has 0 aliphatic heterocycles. The summed E-state index contributed by atoms with van der Waals surface area (Å²) in [5.74, 6) is -3.03. The van der Waals surface area contributed by atoms with Gasteiger partial charge in [-0.25, -0.2) is 21.6 Å². The Morgan fingerprint density at radius 2 is 1.80 bits per heavy atom. The van der Waals surface area contributed by atoms with Crippen LogP contribution in [0.5, 0.6) is 5.75 Å². The summed E-state index contributed by atoms with van der Waals surface area (Å²) in [6, 6.07) is 3.08. The molecule has 1 rings (SSSR count). The second-order valence-corrected chi connectivity index (χ2v) is 8.19. The molecule has 0 aliphatic rings. The van der Waals surface area contributed by atoms with Crippen LogP contribution in [0.4, 0.5) is 5.69 Å². The zero-order valence-corrected chi connectivity index (χ0v) is 12.0. The summed E-state index contributed by atoms with van der Waals surface area (Å²) >= 11 is 0. The third-order valence-electron chi connectivity index (χ3n) is 2.22. The first kappa shape index (κ1) is 16.2. The number of benzene rings is 1. The standard InChI is InChI=1S/C10H13NO7S2/c1-19(15,16)4-5-20(17,18)11-9-3-2-7(12)6-8(9)10(13)14/h2-3,6,11-12H,4-5H2,1H3,(H,13,14). The van der Waals surface area contributed by atoms with Crippen molar-refractivity contribution in [1.29, 1.82) is 0 Å². The Bertz CT molecular complexity index is 722. The predicted molar refractivity (Wildman–Crippen MR) is 72.2 cm³/mol. The Hall–Kier alpha value is -1.81. The fourth-order valence-electron chi connectivity index (χ4n) is 1.28. The number of sulfonamides is 1. The van der Waals surface area contributed by atoms with E-state index >= 15 is 0 Å². The molecular formula is C10H13NO7S2. The minimum absolute atomic E-state index is 0.246. The molecule has 0 unspecified atom stereocenters. The lowest BCUT2D eigenvalue weighted by Gasteiger charge is -2.10. The summed E-state index contributed by atoms with van der Waals surface area (Å²) in [6.07, 6.45) is 0.895. The van der Waals surface area contributed by atoms with Crippen LogP contribution in [0.1, 0.15) is 10.4 Å². The molecule has 20 heavy (non-hydrogen) atoms. The molecule has 0 spiro atoms. The van der Waals surface area contributed by atoms with Crippen LogP contribution in [0.25, 0.3) is 0 Å². The van der Waals surface area contributed by atoms with Gasteiger partial charge in [-0.3, -0.25) is 4.72 Å². The molecule has 0 amide bonds. The third kappa shape index (κ3) is 5.05. The topological polar surface area (TPSA) is 138 Å². The molecule has 0 saturated heterocycles. The lowest BCUT2D eigenvalue weighted by atomic mass is 10.2. The van der Waals surface area contributed by atoms with Gasteiger partial charge in [-0.1, -0.05) is 0 Å². The zero-order chi connectivity index (χ0) is 15.6. The fraction of sp³-hybridized carbons (Fsp3) is 0.300. The molecular weight excluding hydrogens is 310 g/mol. The van der Waals surface area contributed by atoms with Crippen LogP contribution >= 0.6 is 0 Å². The molecule has 1 aromatic rings. The fourth-order valence-corrected chi connectivity index (χ4v) is 3.98. The van der Waals surface area contributed by atoms with E-state index < -0.39 is 42.9 Å². The van der Waals surface area contributed by atoms with Crippen molar-refractivity contribution in [2.75, 3.05) is 22.5 Å². The quantitative estimate of drug-likeness (QED) is 0.620. The largest absolute Gasteiger partial charge is 0.508 e. The van der Waals surface area contributed by atoms with E-state index in [0.717, 1.165) is 24.5 Å². The highest BCUT2D eigenvalue weighted by atomic mass is 32.2. The van der Waals surface area contributed by atoms with Gasteiger partial charge in [0, 0.05) is 6.26 Å². The summed E-state index contributed by atoms with van der Waals surface area (Å²) in [7, 11) is -7.47. The lowest BCUT2D eigenvalue weighted by Crippen LogP contribution is -2.23. The van der Waals surface area contributed by atoms with Crippen molar-refractivity contribution in [1.82, 2.24) is 0 Å². The summed E-state index contributed by atoms with van der Waals surface area (Å²) in [5.41, 5.74) is -0.684. The number of hydrogen-bond donors (Lipinski definition) is 3. The molecule has 0 radical (unpaired) electrons. The Morgan fingerprint density at radius 3 is 2.30 bits per heavy atom. The minimum Gasteiger partial charge on any atom is -0.508 e. The van der Waals surface area contributed by atoms with Crippen molar-refractivity contribution in [3.8, 4) is 5.75 Å². The number of hydrogen-bond acceptors (Lipinski definition) is 6. The Labute approximate surface area is 116 Å². The molecule has 0 bridgehead atoms. The highest BCUT2D eigenvalue weighted by Gasteiger charge is 2.18. The van der Waals surface area contributed by atoms with Crippen LogP contribution in [0.15, 0.2) is 18.2 Å². The van der Waals surface area contributed by atoms with Crippen molar-refractivity contribution in [2.45, 2.75) is 0 Å². The molecule has 0 aromatic heterocycles. The van der Waals surface area contributed by atoms with E-state index in [1.165, 1.54) is 0 Å². The zero-order valence-electron chi connectivity index (χ0n) is 10.4. The van der Waals surface area contributed by atoms with Crippen molar-refractivity contribution in [2.24, 2.45) is 0 Å². The number of phenols is 1. The number of sulfone groups is 1. The van der Waals surface area contributed by atoms with Crippen LogP contribution in [0.3, 0.4) is 0 Å². The van der Waals surface area contributed by atoms with Gasteiger partial charge in [0.05, 0.1) is 22.8 Å². The number of phenolic OH excluding ortho intramolecular Hbond substituents is 1. The summed E-state index contributed by atoms with van der Waals surface area (Å²) in [4.78, 5) is 10.9. The first-order chi connectivity index (χ1) is 9.00. The monoisotopic (exact) mass is 323 g/mol. The second-order valence-electron chi connectivity index (χ2n) is 4.09. The number of carbonyl (C=O) groups is 1. The third-order valence-corrected chi connectivity index (χ3v) is 4.70. The molecule has 1 aromatic carbocycles. The van der Waals surface area contributed by atoms with E-state index in [9.17, 15) is 26.7 Å². The van der Waals surface area contributed by atoms with Gasteiger partial charge in [-0.05, 0) is 18.2 Å². The molecule has 0 aliphatic carbocycles. The van der Waals surface area contributed by atoms with Gasteiger partial charge in [-0.15, -0.1) is 0 Å². The van der Waals surface area contributed by atoms with Gasteiger partial charge in [0.15, 0.2) is 0 Å². The first-order valence-electron chi connectivity index (χ1n) is 5.25. The van der Waals surface area contributed by atoms with Crippen molar-refractivity contribution < 1.29 is 31.8 Å². The van der Waals surface area contributed by atoms with E-state index in [2.05, 4.69) is 0 Å². The Balaban J connectivity index is 3.01.